The molecule has 0 heterocycles. The molecular formula is C20H17ClN2S2. The second-order valence-electron chi connectivity index (χ2n) is 5.35. The maximum atomic E-state index is 5.90. The molecule has 3 aromatic carbocycles. The smallest absolute Gasteiger partial charge is 0.171 e. The van der Waals surface area contributed by atoms with E-state index in [0.717, 1.165) is 21.2 Å². The van der Waals surface area contributed by atoms with E-state index >= 15 is 0 Å². The minimum Gasteiger partial charge on any atom is -0.358 e. The van der Waals surface area contributed by atoms with E-state index in [9.17, 15) is 0 Å². The summed E-state index contributed by atoms with van der Waals surface area (Å²) in [6.45, 7) is 0.650. The predicted octanol–water partition coefficient (Wildman–Crippen LogP) is 5.98. The molecule has 0 saturated carbocycles. The molecule has 25 heavy (non-hydrogen) atoms. The van der Waals surface area contributed by atoms with Gasteiger partial charge in [-0.15, -0.1) is 0 Å². The highest BCUT2D eigenvalue weighted by Gasteiger charge is 2.05. The van der Waals surface area contributed by atoms with E-state index in [1.54, 1.807) is 11.8 Å². The normalized spacial score (nSPS) is 10.3. The standard InChI is InChI=1S/C20H17ClN2S2/c21-16-12-10-15(11-13-16)14-22-20(24)23-18-8-4-5-9-19(18)25-17-6-2-1-3-7-17/h1-13H,14H2,(H2,22,23,24). The number of benzene rings is 3. The highest BCUT2D eigenvalue weighted by molar-refractivity contribution is 7.99. The molecule has 0 bridgehead atoms. The Labute approximate surface area is 162 Å². The van der Waals surface area contributed by atoms with E-state index in [-0.39, 0.29) is 0 Å². The molecule has 0 saturated heterocycles. The Balaban J connectivity index is 1.62. The van der Waals surface area contributed by atoms with Crippen LogP contribution in [-0.2, 0) is 6.54 Å². The molecule has 0 aliphatic heterocycles. The summed E-state index contributed by atoms with van der Waals surface area (Å²) < 4.78 is 0. The Kier molecular flexibility index (Phi) is 6.34. The van der Waals surface area contributed by atoms with Gasteiger partial charge in [-0.05, 0) is 54.2 Å². The van der Waals surface area contributed by atoms with Crippen LogP contribution in [0.4, 0.5) is 5.69 Å². The van der Waals surface area contributed by atoms with Gasteiger partial charge in [0.1, 0.15) is 0 Å². The monoisotopic (exact) mass is 384 g/mol. The molecule has 3 aromatic rings. The lowest BCUT2D eigenvalue weighted by Gasteiger charge is -2.14. The molecule has 0 unspecified atom stereocenters. The molecule has 0 spiro atoms. The lowest BCUT2D eigenvalue weighted by molar-refractivity contribution is 0.925. The molecule has 2 nitrogen and oxygen atoms in total. The van der Waals surface area contributed by atoms with Crippen LogP contribution in [0.2, 0.25) is 5.02 Å². The fraction of sp³-hybridized carbons (Fsp3) is 0.0500. The van der Waals surface area contributed by atoms with Gasteiger partial charge in [-0.25, -0.2) is 0 Å². The number of nitrogens with one attached hydrogen (secondary N) is 2. The van der Waals surface area contributed by atoms with Crippen LogP contribution in [0, 0.1) is 0 Å². The van der Waals surface area contributed by atoms with Crippen molar-refractivity contribution in [1.29, 1.82) is 0 Å². The van der Waals surface area contributed by atoms with Gasteiger partial charge in [0.15, 0.2) is 5.11 Å². The van der Waals surface area contributed by atoms with Crippen molar-refractivity contribution in [3.63, 3.8) is 0 Å². The molecule has 0 aliphatic rings. The third-order valence-electron chi connectivity index (χ3n) is 3.47. The van der Waals surface area contributed by atoms with E-state index in [1.807, 2.05) is 60.7 Å². The van der Waals surface area contributed by atoms with Crippen LogP contribution in [0.1, 0.15) is 5.56 Å². The Morgan fingerprint density at radius 1 is 0.880 bits per heavy atom. The third kappa shape index (κ3) is 5.49. The van der Waals surface area contributed by atoms with Crippen LogP contribution in [0.3, 0.4) is 0 Å². The third-order valence-corrected chi connectivity index (χ3v) is 5.05. The topological polar surface area (TPSA) is 24.1 Å². The fourth-order valence-corrected chi connectivity index (χ4v) is 3.46. The lowest BCUT2D eigenvalue weighted by Crippen LogP contribution is -2.28. The summed E-state index contributed by atoms with van der Waals surface area (Å²) in [7, 11) is 0. The fourth-order valence-electron chi connectivity index (χ4n) is 2.23. The Hall–Kier alpha value is -2.01. The van der Waals surface area contributed by atoms with Crippen molar-refractivity contribution in [2.75, 3.05) is 5.32 Å². The zero-order chi connectivity index (χ0) is 17.5. The zero-order valence-electron chi connectivity index (χ0n) is 13.4. The second-order valence-corrected chi connectivity index (χ2v) is 7.31. The summed E-state index contributed by atoms with van der Waals surface area (Å²) in [5, 5.41) is 7.84. The average Bonchev–Trinajstić information content (AvgIpc) is 2.64. The van der Waals surface area contributed by atoms with Crippen molar-refractivity contribution in [3.8, 4) is 0 Å². The van der Waals surface area contributed by atoms with Crippen molar-refractivity contribution in [2.24, 2.45) is 0 Å². The summed E-state index contributed by atoms with van der Waals surface area (Å²) >= 11 is 13.0. The van der Waals surface area contributed by atoms with Crippen molar-refractivity contribution in [1.82, 2.24) is 5.32 Å². The number of thiocarbonyl (C=S) groups is 1. The van der Waals surface area contributed by atoms with E-state index in [4.69, 9.17) is 23.8 Å². The minimum atomic E-state index is 0.594. The van der Waals surface area contributed by atoms with Gasteiger partial charge in [-0.1, -0.05) is 65.8 Å². The maximum absolute atomic E-state index is 5.90. The zero-order valence-corrected chi connectivity index (χ0v) is 15.8. The van der Waals surface area contributed by atoms with Crippen molar-refractivity contribution < 1.29 is 0 Å². The first-order chi connectivity index (χ1) is 12.2. The van der Waals surface area contributed by atoms with Crippen LogP contribution >= 0.6 is 35.6 Å². The van der Waals surface area contributed by atoms with E-state index in [1.165, 1.54) is 4.90 Å². The van der Waals surface area contributed by atoms with Gasteiger partial charge in [-0.2, -0.15) is 0 Å². The lowest BCUT2D eigenvalue weighted by atomic mass is 10.2. The Bertz CT molecular complexity index is 836. The predicted molar refractivity (Wildman–Crippen MR) is 112 cm³/mol. The molecular weight excluding hydrogens is 368 g/mol. The number of hydrogen-bond donors (Lipinski definition) is 2. The van der Waals surface area contributed by atoms with Gasteiger partial charge in [-0.3, -0.25) is 0 Å². The molecule has 0 aromatic heterocycles. The van der Waals surface area contributed by atoms with Crippen LogP contribution < -0.4 is 10.6 Å². The van der Waals surface area contributed by atoms with Gasteiger partial charge >= 0.3 is 0 Å². The van der Waals surface area contributed by atoms with Crippen LogP contribution in [0.5, 0.6) is 0 Å². The summed E-state index contributed by atoms with van der Waals surface area (Å²) in [6, 6.07) is 26.1. The van der Waals surface area contributed by atoms with E-state index in [2.05, 4.69) is 28.8 Å². The highest BCUT2D eigenvalue weighted by Crippen LogP contribution is 2.33. The molecule has 0 fully saturated rings. The van der Waals surface area contributed by atoms with Gasteiger partial charge in [0.2, 0.25) is 0 Å². The molecule has 126 valence electrons. The molecule has 2 N–H and O–H groups in total. The average molecular weight is 385 g/mol. The molecule has 0 aliphatic carbocycles. The number of halogens is 1. The van der Waals surface area contributed by atoms with Crippen molar-refractivity contribution >= 4 is 46.4 Å². The first-order valence-corrected chi connectivity index (χ1v) is 9.42. The van der Waals surface area contributed by atoms with E-state index < -0.39 is 0 Å². The van der Waals surface area contributed by atoms with E-state index in [0.29, 0.717) is 11.7 Å². The number of para-hydroxylation sites is 1. The van der Waals surface area contributed by atoms with Gasteiger partial charge in [0.25, 0.3) is 0 Å². The van der Waals surface area contributed by atoms with Crippen LogP contribution in [-0.4, -0.2) is 5.11 Å². The van der Waals surface area contributed by atoms with Gasteiger partial charge in [0.05, 0.1) is 5.69 Å². The first-order valence-electron chi connectivity index (χ1n) is 7.82. The molecule has 0 radical (unpaired) electrons. The van der Waals surface area contributed by atoms with Crippen molar-refractivity contribution in [2.45, 2.75) is 16.3 Å². The molecule has 0 amide bonds. The SMILES string of the molecule is S=C(NCc1ccc(Cl)cc1)Nc1ccccc1Sc1ccccc1. The maximum Gasteiger partial charge on any atom is 0.171 e. The molecule has 0 atom stereocenters. The Morgan fingerprint density at radius 2 is 1.56 bits per heavy atom. The summed E-state index contributed by atoms with van der Waals surface area (Å²) in [5.41, 5.74) is 2.12. The number of hydrogen-bond acceptors (Lipinski definition) is 2. The quantitative estimate of drug-likeness (QED) is 0.528. The van der Waals surface area contributed by atoms with Gasteiger partial charge in [0, 0.05) is 21.4 Å². The number of anilines is 1. The van der Waals surface area contributed by atoms with Crippen molar-refractivity contribution in [3.05, 3.63) is 89.4 Å². The molecule has 5 heteroatoms. The first kappa shape index (κ1) is 17.8. The summed E-state index contributed by atoms with van der Waals surface area (Å²) in [6.07, 6.45) is 0. The summed E-state index contributed by atoms with van der Waals surface area (Å²) in [4.78, 5) is 2.32. The highest BCUT2D eigenvalue weighted by atomic mass is 35.5. The molecule has 3 rings (SSSR count). The van der Waals surface area contributed by atoms with Crippen LogP contribution in [0.15, 0.2) is 88.7 Å². The van der Waals surface area contributed by atoms with Gasteiger partial charge < -0.3 is 10.6 Å². The summed E-state index contributed by atoms with van der Waals surface area (Å²) in [5.74, 6) is 0. The number of rotatable bonds is 5. The minimum absolute atomic E-state index is 0.594. The Morgan fingerprint density at radius 3 is 2.32 bits per heavy atom. The van der Waals surface area contributed by atoms with Crippen LogP contribution in [0.25, 0.3) is 0 Å². The second kappa shape index (κ2) is 8.90. The largest absolute Gasteiger partial charge is 0.358 e.